The number of carboxylic acids is 1. The van der Waals surface area contributed by atoms with Crippen LogP contribution >= 0.6 is 0 Å². The van der Waals surface area contributed by atoms with Crippen molar-refractivity contribution in [2.24, 2.45) is 0 Å². The van der Waals surface area contributed by atoms with Gasteiger partial charge in [0, 0.05) is 0 Å². The second-order valence-electron chi connectivity index (χ2n) is 4.61. The zero-order valence-corrected chi connectivity index (χ0v) is 11.2. The van der Waals surface area contributed by atoms with E-state index >= 15 is 0 Å². The maximum atomic E-state index is 13.0. The molecule has 0 saturated heterocycles. The summed E-state index contributed by atoms with van der Waals surface area (Å²) < 4.78 is 77.4. The van der Waals surface area contributed by atoms with Crippen LogP contribution in [0, 0.1) is 0 Å². The van der Waals surface area contributed by atoms with E-state index in [-0.39, 0.29) is 0 Å². The van der Waals surface area contributed by atoms with Gasteiger partial charge in [-0.15, -0.1) is 0 Å². The summed E-state index contributed by atoms with van der Waals surface area (Å²) in [7, 11) is 0. The van der Waals surface area contributed by atoms with Crippen molar-refractivity contribution >= 4 is 5.97 Å². The molecule has 0 aromatic heterocycles. The second-order valence-corrected chi connectivity index (χ2v) is 4.61. The maximum absolute atomic E-state index is 13.0. The second kappa shape index (κ2) is 5.60. The molecule has 122 valence electrons. The first-order valence-electron chi connectivity index (χ1n) is 6.13. The lowest BCUT2D eigenvalue weighted by Crippen LogP contribution is -2.11. The van der Waals surface area contributed by atoms with Gasteiger partial charge in [0.2, 0.25) is 0 Å². The monoisotopic (exact) mass is 334 g/mol. The topological polar surface area (TPSA) is 37.3 Å². The third-order valence-corrected chi connectivity index (χ3v) is 3.10. The number of hydrogen-bond acceptors (Lipinski definition) is 1. The Kier molecular flexibility index (Phi) is 4.10. The molecule has 2 rings (SSSR count). The Morgan fingerprint density at radius 2 is 1.43 bits per heavy atom. The molecule has 0 heterocycles. The Balaban J connectivity index is 2.79. The summed E-state index contributed by atoms with van der Waals surface area (Å²) in [6, 6.07) is 5.45. The van der Waals surface area contributed by atoms with E-state index in [1.54, 1.807) is 0 Å². The van der Waals surface area contributed by atoms with Crippen LogP contribution in [-0.4, -0.2) is 11.1 Å². The Labute approximate surface area is 126 Å². The fraction of sp³-hybridized carbons (Fsp3) is 0.133. The highest BCUT2D eigenvalue weighted by Gasteiger charge is 2.36. The fourth-order valence-corrected chi connectivity index (χ4v) is 2.10. The quantitative estimate of drug-likeness (QED) is 0.777. The molecular weight excluding hydrogens is 326 g/mol. The molecule has 0 radical (unpaired) electrons. The van der Waals surface area contributed by atoms with Crippen LogP contribution < -0.4 is 0 Å². The van der Waals surface area contributed by atoms with Gasteiger partial charge in [-0.05, 0) is 35.4 Å². The highest BCUT2D eigenvalue weighted by atomic mass is 19.4. The minimum Gasteiger partial charge on any atom is -0.478 e. The van der Waals surface area contributed by atoms with Gasteiger partial charge in [0.05, 0.1) is 16.7 Å². The van der Waals surface area contributed by atoms with Crippen LogP contribution in [0.5, 0.6) is 0 Å². The summed E-state index contributed by atoms with van der Waals surface area (Å²) in [5, 5.41) is 9.05. The maximum Gasteiger partial charge on any atom is 0.417 e. The number of carbonyl (C=O) groups is 1. The first-order valence-corrected chi connectivity index (χ1v) is 6.13. The van der Waals surface area contributed by atoms with Crippen molar-refractivity contribution in [3.8, 4) is 11.1 Å². The number of benzene rings is 2. The molecule has 0 aliphatic carbocycles. The number of aromatic carboxylic acids is 1. The van der Waals surface area contributed by atoms with Crippen LogP contribution in [0.25, 0.3) is 11.1 Å². The summed E-state index contributed by atoms with van der Waals surface area (Å²) >= 11 is 0. The molecule has 1 N–H and O–H groups in total. The molecule has 0 fully saturated rings. The summed E-state index contributed by atoms with van der Waals surface area (Å²) in [4.78, 5) is 11.2. The largest absolute Gasteiger partial charge is 0.478 e. The minimum atomic E-state index is -4.83. The van der Waals surface area contributed by atoms with Crippen molar-refractivity contribution in [3.05, 3.63) is 59.2 Å². The molecule has 0 spiro atoms. The van der Waals surface area contributed by atoms with Gasteiger partial charge in [0.1, 0.15) is 0 Å². The average Bonchev–Trinajstić information content (AvgIpc) is 2.44. The highest BCUT2D eigenvalue weighted by Crippen LogP contribution is 2.40. The molecule has 23 heavy (non-hydrogen) atoms. The van der Waals surface area contributed by atoms with E-state index < -0.39 is 46.1 Å². The van der Waals surface area contributed by atoms with Crippen LogP contribution in [0.15, 0.2) is 42.5 Å². The van der Waals surface area contributed by atoms with Gasteiger partial charge in [0.15, 0.2) is 0 Å². The molecule has 0 amide bonds. The molecule has 2 nitrogen and oxygen atoms in total. The van der Waals surface area contributed by atoms with Crippen LogP contribution in [0.1, 0.15) is 21.5 Å². The van der Waals surface area contributed by atoms with E-state index in [0.717, 1.165) is 12.1 Å². The molecule has 0 aliphatic heterocycles. The highest BCUT2D eigenvalue weighted by molar-refractivity contribution is 5.96. The molecule has 8 heteroatoms. The number of alkyl halides is 6. The Hall–Kier alpha value is -2.51. The number of rotatable bonds is 2. The number of hydrogen-bond donors (Lipinski definition) is 1. The van der Waals surface area contributed by atoms with Gasteiger partial charge in [-0.3, -0.25) is 0 Å². The van der Waals surface area contributed by atoms with Crippen LogP contribution in [0.2, 0.25) is 0 Å². The smallest absolute Gasteiger partial charge is 0.417 e. The van der Waals surface area contributed by atoms with Crippen molar-refractivity contribution in [1.82, 2.24) is 0 Å². The fourth-order valence-electron chi connectivity index (χ4n) is 2.10. The molecule has 0 unspecified atom stereocenters. The van der Waals surface area contributed by atoms with E-state index in [1.807, 2.05) is 0 Å². The normalized spacial score (nSPS) is 12.3. The lowest BCUT2D eigenvalue weighted by atomic mass is 9.93. The van der Waals surface area contributed by atoms with Gasteiger partial charge < -0.3 is 5.11 Å². The third-order valence-electron chi connectivity index (χ3n) is 3.10. The SMILES string of the molecule is O=C(O)c1ccc(C(F)(F)F)cc1-c1ccccc1C(F)(F)F. The lowest BCUT2D eigenvalue weighted by molar-refractivity contribution is -0.137. The first-order chi connectivity index (χ1) is 10.5. The summed E-state index contributed by atoms with van der Waals surface area (Å²) in [5.41, 5.74) is -4.34. The Morgan fingerprint density at radius 3 is 1.96 bits per heavy atom. The number of carboxylic acid groups (broad SMARTS) is 1. The summed E-state index contributed by atoms with van der Waals surface area (Å²) in [6.07, 6.45) is -9.64. The zero-order valence-electron chi connectivity index (χ0n) is 11.2. The van der Waals surface area contributed by atoms with E-state index in [2.05, 4.69) is 0 Å². The molecule has 0 atom stereocenters. The van der Waals surface area contributed by atoms with E-state index in [4.69, 9.17) is 5.11 Å². The third kappa shape index (κ3) is 3.46. The number of halogens is 6. The van der Waals surface area contributed by atoms with E-state index in [9.17, 15) is 31.1 Å². The van der Waals surface area contributed by atoms with Crippen LogP contribution in [0.4, 0.5) is 26.3 Å². The molecule has 2 aromatic rings. The average molecular weight is 334 g/mol. The van der Waals surface area contributed by atoms with E-state index in [1.165, 1.54) is 6.07 Å². The molecule has 0 saturated carbocycles. The van der Waals surface area contributed by atoms with E-state index in [0.29, 0.717) is 24.3 Å². The molecule has 0 aliphatic rings. The predicted molar refractivity (Wildman–Crippen MR) is 68.8 cm³/mol. The molecule has 0 bridgehead atoms. The van der Waals surface area contributed by atoms with Crippen molar-refractivity contribution in [1.29, 1.82) is 0 Å². The van der Waals surface area contributed by atoms with Gasteiger partial charge in [-0.2, -0.15) is 26.3 Å². The lowest BCUT2D eigenvalue weighted by Gasteiger charge is -2.16. The first kappa shape index (κ1) is 16.9. The molecular formula is C15H8F6O2. The van der Waals surface area contributed by atoms with Gasteiger partial charge in [-0.1, -0.05) is 18.2 Å². The van der Waals surface area contributed by atoms with Crippen LogP contribution in [-0.2, 0) is 12.4 Å². The van der Waals surface area contributed by atoms with Crippen molar-refractivity contribution < 1.29 is 36.2 Å². The van der Waals surface area contributed by atoms with Crippen molar-refractivity contribution in [2.45, 2.75) is 12.4 Å². The van der Waals surface area contributed by atoms with Crippen molar-refractivity contribution in [3.63, 3.8) is 0 Å². The summed E-state index contributed by atoms with van der Waals surface area (Å²) in [5.74, 6) is -1.62. The minimum absolute atomic E-state index is 0.411. The zero-order chi connectivity index (χ0) is 17.4. The summed E-state index contributed by atoms with van der Waals surface area (Å²) in [6.45, 7) is 0. The standard InChI is InChI=1S/C15H8F6O2/c16-14(17,18)8-5-6-10(13(22)23)11(7-8)9-3-1-2-4-12(9)15(19,20)21/h1-7H,(H,22,23). The van der Waals surface area contributed by atoms with Gasteiger partial charge in [0.25, 0.3) is 0 Å². The van der Waals surface area contributed by atoms with Crippen LogP contribution in [0.3, 0.4) is 0 Å². The van der Waals surface area contributed by atoms with Gasteiger partial charge >= 0.3 is 18.3 Å². The van der Waals surface area contributed by atoms with Gasteiger partial charge in [-0.25, -0.2) is 4.79 Å². The Bertz CT molecular complexity index is 746. The molecule has 2 aromatic carbocycles. The Morgan fingerprint density at radius 1 is 0.826 bits per heavy atom. The predicted octanol–water partition coefficient (Wildman–Crippen LogP) is 5.09. The van der Waals surface area contributed by atoms with Crippen molar-refractivity contribution in [2.75, 3.05) is 0 Å².